The van der Waals surface area contributed by atoms with E-state index in [2.05, 4.69) is 42.5 Å². The van der Waals surface area contributed by atoms with Gasteiger partial charge < -0.3 is 52.0 Å². The second-order valence-corrected chi connectivity index (χ2v) is 13.2. The van der Waals surface area contributed by atoms with Crippen molar-refractivity contribution in [2.75, 3.05) is 33.2 Å². The standard InChI is InChI=1S/C32H55ClN8O7/c1-21(2)16-25(41-31(46)48-32(4,5)6)19-38-29(44)40-24(18-37-28(43)39-22(3)17-36-27(42)34-7)13-10-11-15-35-30(45)47-20-23-12-8-9-14-26(23)33/h8-9,12,14,21-22,24-25H,10-11,13,15-20H2,1-7H3,(H,35,45)(H,41,46)(H2,34,36,42)(H2,37,39,43)(H2,38,40,44)/t22-,24-,25-/m0/s1. The van der Waals surface area contributed by atoms with E-state index in [0.29, 0.717) is 42.8 Å². The lowest BCUT2D eigenvalue weighted by Crippen LogP contribution is -2.53. The zero-order valence-electron chi connectivity index (χ0n) is 29.2. The maximum atomic E-state index is 12.9. The number of carbonyl (C=O) groups excluding carboxylic acids is 5. The van der Waals surface area contributed by atoms with Crippen LogP contribution in [0.15, 0.2) is 24.3 Å². The molecule has 0 spiro atoms. The van der Waals surface area contributed by atoms with Gasteiger partial charge in [0.25, 0.3) is 0 Å². The van der Waals surface area contributed by atoms with Crippen LogP contribution in [0, 0.1) is 5.92 Å². The molecule has 0 saturated carbocycles. The fourth-order valence-electron chi connectivity index (χ4n) is 4.31. The van der Waals surface area contributed by atoms with Crippen molar-refractivity contribution in [3.8, 4) is 0 Å². The fourth-order valence-corrected chi connectivity index (χ4v) is 4.50. The minimum absolute atomic E-state index is 0.0478. The van der Waals surface area contributed by atoms with Gasteiger partial charge in [0.15, 0.2) is 0 Å². The van der Waals surface area contributed by atoms with E-state index in [0.717, 1.165) is 0 Å². The lowest BCUT2D eigenvalue weighted by molar-refractivity contribution is 0.0498. The van der Waals surface area contributed by atoms with E-state index in [9.17, 15) is 24.0 Å². The number of ether oxygens (including phenoxy) is 2. The van der Waals surface area contributed by atoms with Crippen LogP contribution in [-0.4, -0.2) is 87.2 Å². The van der Waals surface area contributed by atoms with Gasteiger partial charge in [0.1, 0.15) is 12.2 Å². The van der Waals surface area contributed by atoms with Gasteiger partial charge in [0.2, 0.25) is 0 Å². The van der Waals surface area contributed by atoms with Crippen LogP contribution in [0.4, 0.5) is 24.0 Å². The molecule has 0 saturated heterocycles. The van der Waals surface area contributed by atoms with Gasteiger partial charge >= 0.3 is 30.3 Å². The molecule has 0 aliphatic carbocycles. The zero-order chi connectivity index (χ0) is 36.1. The molecule has 0 aromatic heterocycles. The van der Waals surface area contributed by atoms with Gasteiger partial charge in [-0.2, -0.15) is 0 Å². The van der Waals surface area contributed by atoms with Crippen molar-refractivity contribution in [2.24, 2.45) is 5.92 Å². The zero-order valence-corrected chi connectivity index (χ0v) is 30.0. The number of nitrogens with one attached hydrogen (secondary N) is 8. The molecule has 3 atom stereocenters. The molecular formula is C32H55ClN8O7. The highest BCUT2D eigenvalue weighted by Gasteiger charge is 2.22. The Morgan fingerprint density at radius 2 is 1.40 bits per heavy atom. The maximum absolute atomic E-state index is 12.9. The second kappa shape index (κ2) is 22.4. The summed E-state index contributed by atoms with van der Waals surface area (Å²) in [6.45, 7) is 12.0. The minimum atomic E-state index is -0.658. The van der Waals surface area contributed by atoms with Crippen molar-refractivity contribution in [1.82, 2.24) is 42.5 Å². The molecule has 0 aliphatic heterocycles. The third kappa shape index (κ3) is 20.9. The monoisotopic (exact) mass is 698 g/mol. The number of amides is 8. The topological polar surface area (TPSA) is 200 Å². The molecule has 1 rings (SSSR count). The molecule has 48 heavy (non-hydrogen) atoms. The Kier molecular flexibility index (Phi) is 19.6. The number of benzene rings is 1. The van der Waals surface area contributed by atoms with Gasteiger partial charge in [0, 0.05) is 61.9 Å². The van der Waals surface area contributed by atoms with Crippen LogP contribution in [0.25, 0.3) is 0 Å². The quantitative estimate of drug-likeness (QED) is 0.106. The molecule has 0 heterocycles. The number of carbonyl (C=O) groups is 5. The molecule has 0 bridgehead atoms. The van der Waals surface area contributed by atoms with Crippen LogP contribution in [0.2, 0.25) is 5.02 Å². The van der Waals surface area contributed by atoms with Crippen LogP contribution in [0.3, 0.4) is 0 Å². The molecule has 0 fully saturated rings. The summed E-state index contributed by atoms with van der Waals surface area (Å²) in [6, 6.07) is 4.64. The number of alkyl carbamates (subject to hydrolysis) is 2. The molecule has 8 amide bonds. The number of hydrogen-bond donors (Lipinski definition) is 8. The first kappa shape index (κ1) is 41.9. The highest BCUT2D eigenvalue weighted by atomic mass is 35.5. The predicted octanol–water partition coefficient (Wildman–Crippen LogP) is 3.96. The Morgan fingerprint density at radius 3 is 2.02 bits per heavy atom. The van der Waals surface area contributed by atoms with Crippen molar-refractivity contribution >= 4 is 41.9 Å². The van der Waals surface area contributed by atoms with Crippen LogP contribution in [0.5, 0.6) is 0 Å². The Hall–Kier alpha value is -4.14. The van der Waals surface area contributed by atoms with Crippen molar-refractivity contribution in [1.29, 1.82) is 0 Å². The Bertz CT molecular complexity index is 1170. The average Bonchev–Trinajstić information content (AvgIpc) is 2.99. The Balaban J connectivity index is 2.67. The fraction of sp³-hybridized carbons (Fsp3) is 0.656. The summed E-state index contributed by atoms with van der Waals surface area (Å²) in [5.74, 6) is 0.251. The predicted molar refractivity (Wildman–Crippen MR) is 185 cm³/mol. The Labute approximate surface area is 289 Å². The van der Waals surface area contributed by atoms with E-state index in [1.54, 1.807) is 45.9 Å². The van der Waals surface area contributed by atoms with E-state index in [1.807, 2.05) is 19.9 Å². The van der Waals surface area contributed by atoms with Gasteiger partial charge in [-0.05, 0) is 65.4 Å². The van der Waals surface area contributed by atoms with E-state index in [-0.39, 0.29) is 50.3 Å². The summed E-state index contributed by atoms with van der Waals surface area (Å²) < 4.78 is 10.6. The normalized spacial score (nSPS) is 12.9. The summed E-state index contributed by atoms with van der Waals surface area (Å²) in [6.07, 6.45) is 1.17. The van der Waals surface area contributed by atoms with Crippen LogP contribution in [-0.2, 0) is 16.1 Å². The lowest BCUT2D eigenvalue weighted by atomic mass is 10.0. The smallest absolute Gasteiger partial charge is 0.407 e. The van der Waals surface area contributed by atoms with Crippen LogP contribution in [0.1, 0.15) is 72.8 Å². The molecular weight excluding hydrogens is 644 g/mol. The highest BCUT2D eigenvalue weighted by molar-refractivity contribution is 6.31. The van der Waals surface area contributed by atoms with Gasteiger partial charge in [-0.3, -0.25) is 0 Å². The van der Waals surface area contributed by atoms with E-state index >= 15 is 0 Å². The van der Waals surface area contributed by atoms with Crippen molar-refractivity contribution < 1.29 is 33.4 Å². The van der Waals surface area contributed by atoms with Crippen LogP contribution >= 0.6 is 11.6 Å². The maximum Gasteiger partial charge on any atom is 0.407 e. The van der Waals surface area contributed by atoms with Gasteiger partial charge in [-0.15, -0.1) is 0 Å². The first-order valence-electron chi connectivity index (χ1n) is 16.3. The van der Waals surface area contributed by atoms with Crippen molar-refractivity contribution in [3.05, 3.63) is 34.9 Å². The molecule has 0 radical (unpaired) electrons. The summed E-state index contributed by atoms with van der Waals surface area (Å²) in [4.78, 5) is 61.3. The minimum Gasteiger partial charge on any atom is -0.445 e. The lowest BCUT2D eigenvalue weighted by Gasteiger charge is -2.25. The summed E-state index contributed by atoms with van der Waals surface area (Å²) in [5.41, 5.74) is 0.0421. The molecule has 272 valence electrons. The van der Waals surface area contributed by atoms with Crippen molar-refractivity contribution in [3.63, 3.8) is 0 Å². The Morgan fingerprint density at radius 1 is 0.771 bits per heavy atom. The third-order valence-corrected chi connectivity index (χ3v) is 6.94. The largest absolute Gasteiger partial charge is 0.445 e. The number of unbranched alkanes of at least 4 members (excludes halogenated alkanes) is 1. The molecule has 16 heteroatoms. The number of urea groups is 3. The SMILES string of the molecule is CNC(=O)NC[C@H](C)NC(=O)NC[C@H](CCCCNC(=O)OCc1ccccc1Cl)NC(=O)NC[C@H](CC(C)C)NC(=O)OC(C)(C)C. The van der Waals surface area contributed by atoms with E-state index in [1.165, 1.54) is 7.05 Å². The molecule has 15 nitrogen and oxygen atoms in total. The van der Waals surface area contributed by atoms with Crippen LogP contribution < -0.4 is 42.5 Å². The average molecular weight is 699 g/mol. The molecule has 1 aromatic rings. The second-order valence-electron chi connectivity index (χ2n) is 12.8. The van der Waals surface area contributed by atoms with Gasteiger partial charge in [-0.1, -0.05) is 43.6 Å². The number of hydrogen-bond acceptors (Lipinski definition) is 7. The number of halogens is 1. The summed E-state index contributed by atoms with van der Waals surface area (Å²) in [7, 11) is 1.50. The third-order valence-electron chi connectivity index (χ3n) is 6.57. The molecule has 0 unspecified atom stereocenters. The molecule has 1 aromatic carbocycles. The van der Waals surface area contributed by atoms with E-state index < -0.39 is 35.9 Å². The number of rotatable bonds is 18. The van der Waals surface area contributed by atoms with Gasteiger partial charge in [-0.25, -0.2) is 24.0 Å². The molecule has 0 aliphatic rings. The van der Waals surface area contributed by atoms with Gasteiger partial charge in [0.05, 0.1) is 0 Å². The molecule has 8 N–H and O–H groups in total. The van der Waals surface area contributed by atoms with Crippen molar-refractivity contribution in [2.45, 2.75) is 97.6 Å². The first-order chi connectivity index (χ1) is 22.6. The summed E-state index contributed by atoms with van der Waals surface area (Å²) in [5, 5.41) is 22.3. The first-order valence-corrected chi connectivity index (χ1v) is 16.6. The highest BCUT2D eigenvalue weighted by Crippen LogP contribution is 2.15. The summed E-state index contributed by atoms with van der Waals surface area (Å²) >= 11 is 6.10. The van der Waals surface area contributed by atoms with E-state index in [4.69, 9.17) is 21.1 Å².